The lowest BCUT2D eigenvalue weighted by Crippen LogP contribution is -2.27. The van der Waals surface area contributed by atoms with Crippen LogP contribution in [0, 0.1) is 0 Å². The zero-order valence-electron chi connectivity index (χ0n) is 16.0. The number of carbonyl (C=O) groups excluding carboxylic acids is 1. The van der Waals surface area contributed by atoms with Crippen molar-refractivity contribution >= 4 is 29.4 Å². The molecule has 1 aromatic heterocycles. The van der Waals surface area contributed by atoms with Crippen LogP contribution in [-0.4, -0.2) is 52.2 Å². The van der Waals surface area contributed by atoms with Gasteiger partial charge in [-0.25, -0.2) is 4.98 Å². The number of hydrogen-bond acceptors (Lipinski definition) is 6. The molecule has 3 aromatic rings. The molecule has 0 radical (unpaired) electrons. The molecule has 8 heteroatoms. The molecule has 1 N–H and O–H groups in total. The van der Waals surface area contributed by atoms with Crippen molar-refractivity contribution < 1.29 is 9.53 Å². The average molecular weight is 415 g/mol. The van der Waals surface area contributed by atoms with E-state index in [9.17, 15) is 4.79 Å². The molecule has 0 aliphatic carbocycles. The fourth-order valence-corrected chi connectivity index (χ4v) is 3.67. The second-order valence-electron chi connectivity index (χ2n) is 6.08. The van der Waals surface area contributed by atoms with Crippen LogP contribution in [0.5, 0.6) is 5.75 Å². The molecule has 1 amide bonds. The predicted octanol–water partition coefficient (Wildman–Crippen LogP) is 3.95. The molecule has 0 aliphatic heterocycles. The normalized spacial score (nSPS) is 10.7. The number of thioether (sulfide) groups is 2. The Labute approximate surface area is 173 Å². The molecule has 1 heterocycles. The Morgan fingerprint density at radius 1 is 1.14 bits per heavy atom. The number of carbonyl (C=O) groups is 1. The van der Waals surface area contributed by atoms with E-state index in [-0.39, 0.29) is 5.91 Å². The molecule has 146 valence electrons. The molecule has 0 saturated heterocycles. The van der Waals surface area contributed by atoms with E-state index in [1.165, 1.54) is 16.7 Å². The molecule has 0 fully saturated rings. The van der Waals surface area contributed by atoms with Gasteiger partial charge < -0.3 is 9.64 Å². The zero-order chi connectivity index (χ0) is 19.9. The molecule has 0 bridgehead atoms. The minimum absolute atomic E-state index is 0.0368. The van der Waals surface area contributed by atoms with Crippen LogP contribution < -0.4 is 4.74 Å². The molecular weight excluding hydrogens is 392 g/mol. The van der Waals surface area contributed by atoms with E-state index in [1.54, 1.807) is 23.8 Å². The van der Waals surface area contributed by atoms with E-state index in [0.29, 0.717) is 23.3 Å². The Balaban J connectivity index is 1.52. The van der Waals surface area contributed by atoms with E-state index < -0.39 is 0 Å². The Kier molecular flexibility index (Phi) is 7.00. The fourth-order valence-electron chi connectivity index (χ4n) is 2.52. The quantitative estimate of drug-likeness (QED) is 0.563. The van der Waals surface area contributed by atoms with Gasteiger partial charge in [0.25, 0.3) is 0 Å². The van der Waals surface area contributed by atoms with Gasteiger partial charge in [0.15, 0.2) is 5.82 Å². The standard InChI is InChI=1S/C20H22N4O2S2/c1-24(12-14-4-10-17(27-3)11-5-14)18(25)13-28-20-21-19(22-23-20)15-6-8-16(26-2)9-7-15/h4-11H,12-13H2,1-3H3,(H,21,22,23). The van der Waals surface area contributed by atoms with Gasteiger partial charge in [-0.3, -0.25) is 9.89 Å². The van der Waals surface area contributed by atoms with E-state index in [4.69, 9.17) is 4.74 Å². The number of amides is 1. The number of nitrogens with zero attached hydrogens (tertiary/aromatic N) is 3. The summed E-state index contributed by atoms with van der Waals surface area (Å²) in [7, 11) is 3.44. The third kappa shape index (κ3) is 5.30. The number of hydrogen-bond donors (Lipinski definition) is 1. The largest absolute Gasteiger partial charge is 0.497 e. The van der Waals surface area contributed by atoms with Gasteiger partial charge in [0.05, 0.1) is 12.9 Å². The van der Waals surface area contributed by atoms with Gasteiger partial charge in [-0.2, -0.15) is 0 Å². The minimum Gasteiger partial charge on any atom is -0.497 e. The summed E-state index contributed by atoms with van der Waals surface area (Å²) in [4.78, 5) is 19.8. The molecule has 6 nitrogen and oxygen atoms in total. The summed E-state index contributed by atoms with van der Waals surface area (Å²) in [6.45, 7) is 0.582. The maximum atomic E-state index is 12.4. The van der Waals surface area contributed by atoms with E-state index in [2.05, 4.69) is 39.4 Å². The maximum absolute atomic E-state index is 12.4. The molecule has 28 heavy (non-hydrogen) atoms. The summed E-state index contributed by atoms with van der Waals surface area (Å²) < 4.78 is 5.16. The minimum atomic E-state index is 0.0368. The van der Waals surface area contributed by atoms with Gasteiger partial charge >= 0.3 is 0 Å². The lowest BCUT2D eigenvalue weighted by Gasteiger charge is -2.16. The highest BCUT2D eigenvalue weighted by Gasteiger charge is 2.13. The fraction of sp³-hybridized carbons (Fsp3) is 0.250. The molecule has 0 atom stereocenters. The summed E-state index contributed by atoms with van der Waals surface area (Å²) in [5, 5.41) is 7.66. The van der Waals surface area contributed by atoms with Crippen LogP contribution in [0.1, 0.15) is 5.56 Å². The summed E-state index contributed by atoms with van der Waals surface area (Å²) in [5.41, 5.74) is 2.02. The van der Waals surface area contributed by atoms with Gasteiger partial charge in [0, 0.05) is 24.1 Å². The number of aromatic nitrogens is 3. The average Bonchev–Trinajstić information content (AvgIpc) is 3.21. The highest BCUT2D eigenvalue weighted by atomic mass is 32.2. The number of methoxy groups -OCH3 is 1. The predicted molar refractivity (Wildman–Crippen MR) is 114 cm³/mol. The van der Waals surface area contributed by atoms with Crippen molar-refractivity contribution in [3.63, 3.8) is 0 Å². The second-order valence-corrected chi connectivity index (χ2v) is 7.90. The number of aromatic amines is 1. The topological polar surface area (TPSA) is 71.1 Å². The van der Waals surface area contributed by atoms with Crippen molar-refractivity contribution in [2.75, 3.05) is 26.2 Å². The van der Waals surface area contributed by atoms with Gasteiger partial charge in [0.1, 0.15) is 5.75 Å². The van der Waals surface area contributed by atoms with Crippen LogP contribution in [0.3, 0.4) is 0 Å². The second kappa shape index (κ2) is 9.66. The van der Waals surface area contributed by atoms with E-state index in [0.717, 1.165) is 16.9 Å². The van der Waals surface area contributed by atoms with Crippen LogP contribution in [-0.2, 0) is 11.3 Å². The first-order valence-corrected chi connectivity index (χ1v) is 10.9. The molecule has 0 spiro atoms. The first-order chi connectivity index (χ1) is 13.6. The Morgan fingerprint density at radius 2 is 1.86 bits per heavy atom. The van der Waals surface area contributed by atoms with Gasteiger partial charge in [0.2, 0.25) is 11.1 Å². The smallest absolute Gasteiger partial charge is 0.233 e. The molecule has 0 saturated carbocycles. The first kappa shape index (κ1) is 20.3. The number of H-pyrrole nitrogens is 1. The number of ether oxygens (including phenoxy) is 1. The number of rotatable bonds is 8. The molecule has 0 unspecified atom stereocenters. The summed E-state index contributed by atoms with van der Waals surface area (Å²) in [5.74, 6) is 1.78. The van der Waals surface area contributed by atoms with Crippen molar-refractivity contribution in [3.05, 3.63) is 54.1 Å². The lowest BCUT2D eigenvalue weighted by atomic mass is 10.2. The lowest BCUT2D eigenvalue weighted by molar-refractivity contribution is -0.127. The molecule has 0 aliphatic rings. The highest BCUT2D eigenvalue weighted by Crippen LogP contribution is 2.22. The van der Waals surface area contributed by atoms with Crippen molar-refractivity contribution in [1.82, 2.24) is 20.1 Å². The Morgan fingerprint density at radius 3 is 2.50 bits per heavy atom. The summed E-state index contributed by atoms with van der Waals surface area (Å²) in [6.07, 6.45) is 2.05. The Bertz CT molecular complexity index is 911. The number of benzene rings is 2. The molecule has 2 aromatic carbocycles. The van der Waals surface area contributed by atoms with Crippen LogP contribution >= 0.6 is 23.5 Å². The third-order valence-electron chi connectivity index (χ3n) is 4.16. The van der Waals surface area contributed by atoms with Crippen molar-refractivity contribution in [2.24, 2.45) is 0 Å². The highest BCUT2D eigenvalue weighted by molar-refractivity contribution is 7.99. The van der Waals surface area contributed by atoms with E-state index >= 15 is 0 Å². The summed E-state index contributed by atoms with van der Waals surface area (Å²) >= 11 is 3.03. The van der Waals surface area contributed by atoms with Crippen LogP contribution in [0.25, 0.3) is 11.4 Å². The number of nitrogens with one attached hydrogen (secondary N) is 1. The van der Waals surface area contributed by atoms with Crippen LogP contribution in [0.2, 0.25) is 0 Å². The van der Waals surface area contributed by atoms with Gasteiger partial charge in [-0.05, 0) is 48.2 Å². The van der Waals surface area contributed by atoms with E-state index in [1.807, 2.05) is 37.6 Å². The SMILES string of the molecule is COc1ccc(-c2nc(SCC(=O)N(C)Cc3ccc(SC)cc3)n[nH]2)cc1. The summed E-state index contributed by atoms with van der Waals surface area (Å²) in [6, 6.07) is 15.8. The van der Waals surface area contributed by atoms with Gasteiger partial charge in [-0.15, -0.1) is 16.9 Å². The third-order valence-corrected chi connectivity index (χ3v) is 5.73. The maximum Gasteiger partial charge on any atom is 0.233 e. The van der Waals surface area contributed by atoms with Crippen molar-refractivity contribution in [3.8, 4) is 17.1 Å². The van der Waals surface area contributed by atoms with Crippen LogP contribution in [0.4, 0.5) is 0 Å². The molecular formula is C20H22N4O2S2. The van der Waals surface area contributed by atoms with Crippen molar-refractivity contribution in [2.45, 2.75) is 16.6 Å². The van der Waals surface area contributed by atoms with Crippen LogP contribution in [0.15, 0.2) is 58.6 Å². The molecule has 3 rings (SSSR count). The first-order valence-electron chi connectivity index (χ1n) is 8.65. The monoisotopic (exact) mass is 414 g/mol. The zero-order valence-corrected chi connectivity index (χ0v) is 17.6. The van der Waals surface area contributed by atoms with Crippen molar-refractivity contribution in [1.29, 1.82) is 0 Å². The van der Waals surface area contributed by atoms with Gasteiger partial charge in [-0.1, -0.05) is 23.9 Å². The Hall–Kier alpha value is -2.45.